The molecule has 1 fully saturated rings. The van der Waals surface area contributed by atoms with E-state index in [0.29, 0.717) is 24.6 Å². The van der Waals surface area contributed by atoms with E-state index in [1.54, 1.807) is 6.92 Å². The third kappa shape index (κ3) is 6.51. The Morgan fingerprint density at radius 1 is 0.970 bits per heavy atom. The van der Waals surface area contributed by atoms with E-state index in [-0.39, 0.29) is 22.6 Å². The van der Waals surface area contributed by atoms with Gasteiger partial charge >= 0.3 is 11.7 Å². The first kappa shape index (κ1) is 25.1. The number of esters is 1. The van der Waals surface area contributed by atoms with Gasteiger partial charge in [-0.25, -0.2) is 14.8 Å². The number of carbonyl (C=O) groups excluding carboxylic acids is 2. The Hall–Kier alpha value is -2.52. The van der Waals surface area contributed by atoms with Crippen LogP contribution in [0, 0.1) is 5.92 Å². The second-order valence-electron chi connectivity index (χ2n) is 7.94. The highest BCUT2D eigenvalue weighted by molar-refractivity contribution is 6.32. The van der Waals surface area contributed by atoms with E-state index in [1.807, 2.05) is 0 Å². The summed E-state index contributed by atoms with van der Waals surface area (Å²) in [6.07, 6.45) is 7.74. The van der Waals surface area contributed by atoms with Crippen molar-refractivity contribution in [3.8, 4) is 0 Å². The molecular formula is C22H26Cl2N4O5. The molecule has 1 atom stereocenters. The number of aromatic nitrogens is 4. The summed E-state index contributed by atoms with van der Waals surface area (Å²) in [5.41, 5.74) is 3.06. The summed E-state index contributed by atoms with van der Waals surface area (Å²) >= 11 is 11.5. The zero-order valence-electron chi connectivity index (χ0n) is 18.3. The highest BCUT2D eigenvalue weighted by Gasteiger charge is 2.31. The van der Waals surface area contributed by atoms with Crippen LogP contribution in [0.15, 0.2) is 9.59 Å². The molecule has 0 spiro atoms. The van der Waals surface area contributed by atoms with Crippen molar-refractivity contribution in [3.05, 3.63) is 53.8 Å². The molecule has 3 aliphatic rings. The summed E-state index contributed by atoms with van der Waals surface area (Å²) in [5, 5.41) is 0.785. The number of carbonyl (C=O) groups is 2. The van der Waals surface area contributed by atoms with Gasteiger partial charge in [0.15, 0.2) is 0 Å². The number of aryl methyl sites for hydroxylation is 2. The minimum Gasteiger partial charge on any atom is -0.465 e. The van der Waals surface area contributed by atoms with Crippen molar-refractivity contribution in [2.75, 3.05) is 6.61 Å². The summed E-state index contributed by atoms with van der Waals surface area (Å²) in [5.74, 6) is -0.742. The number of nitrogens with one attached hydrogen (secondary N) is 2. The maximum atomic E-state index is 11.1. The molecule has 1 saturated carbocycles. The van der Waals surface area contributed by atoms with E-state index in [0.717, 1.165) is 67.5 Å². The largest absolute Gasteiger partial charge is 0.465 e. The van der Waals surface area contributed by atoms with Crippen LogP contribution in [0.5, 0.6) is 0 Å². The molecule has 178 valence electrons. The fraction of sp³-hybridized carbons (Fsp3) is 0.545. The summed E-state index contributed by atoms with van der Waals surface area (Å²) in [6, 6.07) is 0. The number of fused-ring (bicyclic) bond motifs is 2. The van der Waals surface area contributed by atoms with Gasteiger partial charge in [-0.05, 0) is 69.9 Å². The second kappa shape index (κ2) is 11.6. The van der Waals surface area contributed by atoms with Gasteiger partial charge in [0.25, 0.3) is 5.56 Å². The molecule has 33 heavy (non-hydrogen) atoms. The summed E-state index contributed by atoms with van der Waals surface area (Å²) in [6.45, 7) is 2.11. The van der Waals surface area contributed by atoms with Gasteiger partial charge in [0, 0.05) is 23.2 Å². The molecule has 0 bridgehead atoms. The van der Waals surface area contributed by atoms with Gasteiger partial charge in [0.2, 0.25) is 5.28 Å². The molecule has 5 rings (SSSR count). The quantitative estimate of drug-likeness (QED) is 0.282. The van der Waals surface area contributed by atoms with Crippen molar-refractivity contribution in [2.24, 2.45) is 5.92 Å². The average molecular weight is 497 g/mol. The van der Waals surface area contributed by atoms with Crippen LogP contribution in [0.4, 0.5) is 0 Å². The number of Topliss-reactive ketones (excluding diaryl/α,β-unsaturated/α-hetero) is 1. The third-order valence-corrected chi connectivity index (χ3v) is 6.20. The Bertz CT molecular complexity index is 1140. The van der Waals surface area contributed by atoms with Crippen LogP contribution in [0.1, 0.15) is 61.5 Å². The summed E-state index contributed by atoms with van der Waals surface area (Å²) < 4.78 is 4.74. The lowest BCUT2D eigenvalue weighted by Gasteiger charge is -2.05. The minimum atomic E-state index is -0.449. The second-order valence-corrected chi connectivity index (χ2v) is 8.64. The normalized spacial score (nSPS) is 17.9. The van der Waals surface area contributed by atoms with E-state index < -0.39 is 11.6 Å². The minimum absolute atomic E-state index is 0.0449. The lowest BCUT2D eigenvalue weighted by Crippen LogP contribution is -2.25. The van der Waals surface area contributed by atoms with E-state index in [2.05, 4.69) is 19.9 Å². The van der Waals surface area contributed by atoms with Crippen LogP contribution in [-0.2, 0) is 40.0 Å². The Balaban J connectivity index is 0.000000139. The van der Waals surface area contributed by atoms with Crippen LogP contribution < -0.4 is 11.2 Å². The highest BCUT2D eigenvalue weighted by Crippen LogP contribution is 2.26. The van der Waals surface area contributed by atoms with Gasteiger partial charge in [0.05, 0.1) is 12.3 Å². The van der Waals surface area contributed by atoms with Crippen molar-refractivity contribution in [1.82, 2.24) is 19.9 Å². The summed E-state index contributed by atoms with van der Waals surface area (Å²) in [7, 11) is 0. The SMILES string of the molecule is CCOC(=O)C1CCCC1=O.Clc1nc(Cl)c2c(n1)CCC2.O=c1[nH]c2c(c(=O)[nH]1)CCC2. The molecule has 0 aliphatic heterocycles. The van der Waals surface area contributed by atoms with Crippen molar-refractivity contribution in [3.63, 3.8) is 0 Å². The first-order chi connectivity index (χ1) is 15.8. The molecule has 0 radical (unpaired) electrons. The number of H-pyrrole nitrogens is 2. The molecular weight excluding hydrogens is 471 g/mol. The molecule has 2 aromatic heterocycles. The maximum Gasteiger partial charge on any atom is 0.325 e. The fourth-order valence-electron chi connectivity index (χ4n) is 4.15. The van der Waals surface area contributed by atoms with Gasteiger partial charge in [0.1, 0.15) is 16.9 Å². The summed E-state index contributed by atoms with van der Waals surface area (Å²) in [4.78, 5) is 56.6. The van der Waals surface area contributed by atoms with Gasteiger partial charge in [-0.2, -0.15) is 0 Å². The number of ketones is 1. The number of hydrogen-bond donors (Lipinski definition) is 2. The smallest absolute Gasteiger partial charge is 0.325 e. The molecule has 9 nitrogen and oxygen atoms in total. The van der Waals surface area contributed by atoms with Crippen LogP contribution in [-0.4, -0.2) is 38.3 Å². The molecule has 0 aromatic carbocycles. The number of rotatable bonds is 2. The number of hydrogen-bond acceptors (Lipinski definition) is 7. The van der Waals surface area contributed by atoms with E-state index in [9.17, 15) is 19.2 Å². The lowest BCUT2D eigenvalue weighted by molar-refractivity contribution is -0.150. The number of halogens is 2. The standard InChI is InChI=1S/C8H12O3.C7H6Cl2N2.C7H8N2O2/c1-2-11-8(10)6-4-3-5-7(6)9;8-6-4-2-1-3-5(4)10-7(9)11-6;10-6-4-2-1-3-5(4)8-7(11)9-6/h6H,2-5H2,1H3;1-3H2;1-3H2,(H2,8,9,10,11). The van der Waals surface area contributed by atoms with Crippen molar-refractivity contribution in [2.45, 2.75) is 64.7 Å². The zero-order valence-corrected chi connectivity index (χ0v) is 19.9. The van der Waals surface area contributed by atoms with Crippen molar-refractivity contribution in [1.29, 1.82) is 0 Å². The molecule has 3 aliphatic carbocycles. The zero-order chi connectivity index (χ0) is 24.0. The molecule has 0 saturated heterocycles. The number of ether oxygens (including phenoxy) is 1. The van der Waals surface area contributed by atoms with E-state index in [4.69, 9.17) is 27.9 Å². The first-order valence-corrected chi connectivity index (χ1v) is 11.8. The molecule has 2 N–H and O–H groups in total. The number of aromatic amines is 2. The third-order valence-electron chi connectivity index (χ3n) is 5.71. The number of nitrogens with zero attached hydrogens (tertiary/aromatic N) is 2. The van der Waals surface area contributed by atoms with Crippen LogP contribution >= 0.6 is 23.2 Å². The topological polar surface area (TPSA) is 135 Å². The first-order valence-electron chi connectivity index (χ1n) is 11.0. The lowest BCUT2D eigenvalue weighted by atomic mass is 10.1. The molecule has 1 unspecified atom stereocenters. The van der Waals surface area contributed by atoms with Crippen LogP contribution in [0.25, 0.3) is 0 Å². The molecule has 2 aromatic rings. The Labute approximate surface area is 200 Å². The van der Waals surface area contributed by atoms with Gasteiger partial charge in [-0.3, -0.25) is 19.4 Å². The molecule has 2 heterocycles. The van der Waals surface area contributed by atoms with E-state index >= 15 is 0 Å². The van der Waals surface area contributed by atoms with Crippen molar-refractivity contribution < 1.29 is 14.3 Å². The Morgan fingerprint density at radius 2 is 1.70 bits per heavy atom. The predicted molar refractivity (Wildman–Crippen MR) is 123 cm³/mol. The monoisotopic (exact) mass is 496 g/mol. The molecule has 0 amide bonds. The van der Waals surface area contributed by atoms with Gasteiger partial charge in [-0.1, -0.05) is 11.6 Å². The Kier molecular flexibility index (Phi) is 8.80. The fourth-order valence-corrected chi connectivity index (χ4v) is 4.66. The van der Waals surface area contributed by atoms with Crippen molar-refractivity contribution >= 4 is 35.0 Å². The molecule has 11 heteroatoms. The van der Waals surface area contributed by atoms with Crippen LogP contribution in [0.2, 0.25) is 10.4 Å². The van der Waals surface area contributed by atoms with Gasteiger partial charge in [-0.15, -0.1) is 0 Å². The van der Waals surface area contributed by atoms with E-state index in [1.165, 1.54) is 0 Å². The maximum absolute atomic E-state index is 11.1. The highest BCUT2D eigenvalue weighted by atomic mass is 35.5. The average Bonchev–Trinajstić information content (AvgIpc) is 3.49. The predicted octanol–water partition coefficient (Wildman–Crippen LogP) is 2.74. The van der Waals surface area contributed by atoms with Crippen LogP contribution in [0.3, 0.4) is 0 Å². The van der Waals surface area contributed by atoms with Gasteiger partial charge < -0.3 is 9.72 Å². The Morgan fingerprint density at radius 3 is 2.39 bits per heavy atom.